The van der Waals surface area contributed by atoms with Gasteiger partial charge in [0.15, 0.2) is 0 Å². The first-order valence-corrected chi connectivity index (χ1v) is 15.8. The summed E-state index contributed by atoms with van der Waals surface area (Å²) in [4.78, 5) is 0. The van der Waals surface area contributed by atoms with E-state index in [1.54, 1.807) is 0 Å². The van der Waals surface area contributed by atoms with Crippen molar-refractivity contribution < 1.29 is 0 Å². The molecule has 0 spiro atoms. The molecule has 0 heterocycles. The van der Waals surface area contributed by atoms with Crippen LogP contribution in [0.5, 0.6) is 0 Å². The van der Waals surface area contributed by atoms with Gasteiger partial charge in [0.2, 0.25) is 0 Å². The predicted molar refractivity (Wildman–Crippen MR) is 139 cm³/mol. The molecule has 0 aromatic carbocycles. The van der Waals surface area contributed by atoms with E-state index < -0.39 is 0 Å². The summed E-state index contributed by atoms with van der Waals surface area (Å²) >= 11 is 1.90. The molecule has 0 saturated carbocycles. The SMILES string of the molecule is CCCCCCCCCCCCCCCCCCCCCCCCCCCC[AsH2]. The Bertz CT molecular complexity index is 237. The van der Waals surface area contributed by atoms with E-state index in [2.05, 4.69) is 6.92 Å². The van der Waals surface area contributed by atoms with Gasteiger partial charge < -0.3 is 0 Å². The molecule has 0 radical (unpaired) electrons. The first kappa shape index (κ1) is 29.6. The van der Waals surface area contributed by atoms with Crippen molar-refractivity contribution in [2.45, 2.75) is 179 Å². The molecule has 0 aliphatic rings. The standard InChI is InChI=1S/C28H59As/c1-2-3-4-5-6-7-8-9-10-11-12-13-14-15-16-17-18-19-20-21-22-23-24-25-26-27-28-29/h2-29H2,1H3. The van der Waals surface area contributed by atoms with E-state index in [4.69, 9.17) is 0 Å². The van der Waals surface area contributed by atoms with Crippen molar-refractivity contribution in [3.63, 3.8) is 0 Å². The van der Waals surface area contributed by atoms with Crippen LogP contribution < -0.4 is 0 Å². The van der Waals surface area contributed by atoms with Crippen molar-refractivity contribution in [1.82, 2.24) is 0 Å². The van der Waals surface area contributed by atoms with E-state index in [1.165, 1.54) is 172 Å². The van der Waals surface area contributed by atoms with Gasteiger partial charge in [-0.05, 0) is 0 Å². The Morgan fingerprint density at radius 1 is 0.276 bits per heavy atom. The normalized spacial score (nSPS) is 11.4. The third-order valence-electron chi connectivity index (χ3n) is 6.56. The fraction of sp³-hybridized carbons (Fsp3) is 1.00. The summed E-state index contributed by atoms with van der Waals surface area (Å²) in [5.74, 6) is 0. The molecule has 29 heavy (non-hydrogen) atoms. The average Bonchev–Trinajstić information content (AvgIpc) is 2.74. The summed E-state index contributed by atoms with van der Waals surface area (Å²) in [5.41, 5.74) is 0. The molecule has 0 bridgehead atoms. The number of hydrogen-bond donors (Lipinski definition) is 0. The van der Waals surface area contributed by atoms with Gasteiger partial charge in [-0.3, -0.25) is 0 Å². The van der Waals surface area contributed by atoms with E-state index >= 15 is 0 Å². The maximum absolute atomic E-state index is 2.31. The second-order valence-electron chi connectivity index (χ2n) is 9.63. The van der Waals surface area contributed by atoms with E-state index in [-0.39, 0.29) is 0 Å². The minimum absolute atomic E-state index is 1.37. The maximum atomic E-state index is 2.31. The van der Waals surface area contributed by atoms with Gasteiger partial charge in [-0.25, -0.2) is 0 Å². The molecule has 1 heteroatoms. The topological polar surface area (TPSA) is 0 Å². The molecule has 0 aromatic heterocycles. The summed E-state index contributed by atoms with van der Waals surface area (Å²) in [6.07, 6.45) is 38.6. The van der Waals surface area contributed by atoms with Gasteiger partial charge in [0.05, 0.1) is 0 Å². The van der Waals surface area contributed by atoms with Crippen molar-refractivity contribution in [2.75, 3.05) is 0 Å². The Hall–Kier alpha value is 0.558. The zero-order chi connectivity index (χ0) is 21.1. The quantitative estimate of drug-likeness (QED) is 0.0871. The molecule has 176 valence electrons. The van der Waals surface area contributed by atoms with Crippen LogP contribution in [0.4, 0.5) is 0 Å². The predicted octanol–water partition coefficient (Wildman–Crippen LogP) is 10.2. The molecule has 0 nitrogen and oxygen atoms in total. The van der Waals surface area contributed by atoms with Crippen LogP contribution >= 0.6 is 0 Å². The minimum atomic E-state index is 1.37. The molecule has 1 unspecified atom stereocenters. The van der Waals surface area contributed by atoms with Crippen LogP contribution in [0.2, 0.25) is 5.21 Å². The van der Waals surface area contributed by atoms with Gasteiger partial charge in [0, 0.05) is 0 Å². The Kier molecular flexibility index (Phi) is 29.1. The van der Waals surface area contributed by atoms with Crippen molar-refractivity contribution in [1.29, 1.82) is 0 Å². The van der Waals surface area contributed by atoms with Gasteiger partial charge in [-0.15, -0.1) is 0 Å². The molecule has 0 fully saturated rings. The van der Waals surface area contributed by atoms with Crippen LogP contribution in [0.15, 0.2) is 0 Å². The zero-order valence-corrected chi connectivity index (χ0v) is 23.1. The fourth-order valence-electron chi connectivity index (χ4n) is 4.46. The van der Waals surface area contributed by atoms with E-state index in [0.29, 0.717) is 0 Å². The van der Waals surface area contributed by atoms with Crippen LogP contribution in [0.25, 0.3) is 0 Å². The van der Waals surface area contributed by atoms with Crippen LogP contribution in [-0.2, 0) is 0 Å². The molecule has 0 N–H and O–H groups in total. The van der Waals surface area contributed by atoms with Crippen molar-refractivity contribution >= 4 is 16.9 Å². The third kappa shape index (κ3) is 28.6. The second-order valence-corrected chi connectivity index (χ2v) is 10.8. The van der Waals surface area contributed by atoms with Crippen LogP contribution in [0, 0.1) is 0 Å². The van der Waals surface area contributed by atoms with Gasteiger partial charge >= 0.3 is 92.7 Å². The first-order valence-electron chi connectivity index (χ1n) is 14.1. The average molecular weight is 471 g/mol. The van der Waals surface area contributed by atoms with Gasteiger partial charge in [0.1, 0.15) is 0 Å². The zero-order valence-electron chi connectivity index (χ0n) is 20.7. The molecule has 0 saturated heterocycles. The molecule has 0 aliphatic carbocycles. The third-order valence-corrected chi connectivity index (χ3v) is 7.41. The van der Waals surface area contributed by atoms with E-state index in [9.17, 15) is 0 Å². The number of rotatable bonds is 26. The molecule has 0 aromatic rings. The molecule has 1 atom stereocenters. The molecule has 0 amide bonds. The van der Waals surface area contributed by atoms with Crippen LogP contribution in [-0.4, -0.2) is 16.9 Å². The Balaban J connectivity index is 2.97. The fourth-order valence-corrected chi connectivity index (χ4v) is 5.07. The van der Waals surface area contributed by atoms with Crippen molar-refractivity contribution in [3.05, 3.63) is 0 Å². The molecular weight excluding hydrogens is 411 g/mol. The summed E-state index contributed by atoms with van der Waals surface area (Å²) in [6, 6.07) is 0. The van der Waals surface area contributed by atoms with Crippen molar-refractivity contribution in [3.8, 4) is 0 Å². The number of hydrogen-bond acceptors (Lipinski definition) is 0. The van der Waals surface area contributed by atoms with Crippen molar-refractivity contribution in [2.24, 2.45) is 0 Å². The summed E-state index contributed by atoms with van der Waals surface area (Å²) in [7, 11) is 0. The van der Waals surface area contributed by atoms with Crippen LogP contribution in [0.3, 0.4) is 0 Å². The van der Waals surface area contributed by atoms with E-state index in [1.807, 2.05) is 16.9 Å². The monoisotopic (exact) mass is 470 g/mol. The van der Waals surface area contributed by atoms with Gasteiger partial charge in [0.25, 0.3) is 0 Å². The first-order chi connectivity index (χ1) is 14.4. The molecule has 0 aliphatic heterocycles. The summed E-state index contributed by atoms with van der Waals surface area (Å²) < 4.78 is 0. The Morgan fingerprint density at radius 3 is 0.621 bits per heavy atom. The molecule has 0 rings (SSSR count). The summed E-state index contributed by atoms with van der Waals surface area (Å²) in [5, 5.41) is 1.44. The molecular formula is C28H59As. The Labute approximate surface area is 195 Å². The van der Waals surface area contributed by atoms with E-state index in [0.717, 1.165) is 0 Å². The van der Waals surface area contributed by atoms with Crippen LogP contribution in [0.1, 0.15) is 174 Å². The summed E-state index contributed by atoms with van der Waals surface area (Å²) in [6.45, 7) is 2.31. The van der Waals surface area contributed by atoms with Gasteiger partial charge in [-0.1, -0.05) is 103 Å². The number of unbranched alkanes of at least 4 members (excludes halogenated alkanes) is 25. The van der Waals surface area contributed by atoms with Gasteiger partial charge in [-0.2, -0.15) is 0 Å². The Morgan fingerprint density at radius 2 is 0.448 bits per heavy atom. The second kappa shape index (κ2) is 28.6.